The number of hydrogen-bond acceptors (Lipinski definition) is 3. The molecule has 1 heterocycles. The van der Waals surface area contributed by atoms with Crippen LogP contribution >= 0.6 is 0 Å². The fraction of sp³-hybridized carbons (Fsp3) is 0.818. The van der Waals surface area contributed by atoms with E-state index in [1.54, 1.807) is 0 Å². The van der Waals surface area contributed by atoms with Crippen molar-refractivity contribution < 1.29 is 19.4 Å². The highest BCUT2D eigenvalue weighted by atomic mass is 16.5. The lowest BCUT2D eigenvalue weighted by molar-refractivity contribution is -0.154. The molecule has 2 amide bonds. The molecule has 1 saturated heterocycles. The molecule has 0 aromatic carbocycles. The van der Waals surface area contributed by atoms with Crippen LogP contribution in [-0.2, 0) is 9.53 Å². The number of carbonyl (C=O) groups is 2. The van der Waals surface area contributed by atoms with Gasteiger partial charge in [0.15, 0.2) is 6.10 Å². The molecule has 1 rings (SSSR count). The molecule has 0 spiro atoms. The largest absolute Gasteiger partial charge is 0.479 e. The van der Waals surface area contributed by atoms with Crippen LogP contribution in [0.2, 0.25) is 0 Å². The number of nitrogens with zero attached hydrogens (tertiary/aromatic N) is 1. The zero-order chi connectivity index (χ0) is 12.8. The maximum absolute atomic E-state index is 11.8. The number of aliphatic carboxylic acids is 1. The molecule has 2 N–H and O–H groups in total. The number of hydrogen-bond donors (Lipinski definition) is 2. The first-order valence-electron chi connectivity index (χ1n) is 5.94. The van der Waals surface area contributed by atoms with Crippen LogP contribution < -0.4 is 5.32 Å². The summed E-state index contributed by atoms with van der Waals surface area (Å²) in [6.07, 6.45) is 1.01. The Labute approximate surface area is 101 Å². The Morgan fingerprint density at radius 2 is 2.29 bits per heavy atom. The summed E-state index contributed by atoms with van der Waals surface area (Å²) in [5.41, 5.74) is 0. The van der Waals surface area contributed by atoms with E-state index in [0.717, 1.165) is 12.8 Å². The van der Waals surface area contributed by atoms with Crippen LogP contribution in [0.5, 0.6) is 0 Å². The standard InChI is InChI=1S/C11H20N2O4/c1-3-4-8(2)12-11(16)13-5-6-17-9(7-13)10(14)15/h8-9H,3-7H2,1-2H3,(H,12,16)(H,14,15). The zero-order valence-corrected chi connectivity index (χ0v) is 10.3. The van der Waals surface area contributed by atoms with Crippen molar-refractivity contribution in [3.63, 3.8) is 0 Å². The number of morpholine rings is 1. The molecule has 0 radical (unpaired) electrons. The third kappa shape index (κ3) is 4.22. The van der Waals surface area contributed by atoms with Crippen LogP contribution in [0.3, 0.4) is 0 Å². The molecule has 6 heteroatoms. The van der Waals surface area contributed by atoms with E-state index in [0.29, 0.717) is 6.54 Å². The molecule has 0 aliphatic carbocycles. The van der Waals surface area contributed by atoms with Gasteiger partial charge in [0.1, 0.15) is 0 Å². The van der Waals surface area contributed by atoms with Crippen molar-refractivity contribution in [3.8, 4) is 0 Å². The number of nitrogens with one attached hydrogen (secondary N) is 1. The maximum atomic E-state index is 11.8. The fourth-order valence-electron chi connectivity index (χ4n) is 1.79. The third-order valence-electron chi connectivity index (χ3n) is 2.72. The molecule has 0 aromatic heterocycles. The molecule has 0 aromatic rings. The van der Waals surface area contributed by atoms with Crippen molar-refractivity contribution in [2.24, 2.45) is 0 Å². The Balaban J connectivity index is 2.43. The molecule has 2 unspecified atom stereocenters. The summed E-state index contributed by atoms with van der Waals surface area (Å²) in [4.78, 5) is 24.1. The number of amides is 2. The van der Waals surface area contributed by atoms with Gasteiger partial charge in [-0.05, 0) is 13.3 Å². The third-order valence-corrected chi connectivity index (χ3v) is 2.72. The lowest BCUT2D eigenvalue weighted by Crippen LogP contribution is -2.53. The quantitative estimate of drug-likeness (QED) is 0.762. The Hall–Kier alpha value is -1.30. The van der Waals surface area contributed by atoms with Crippen molar-refractivity contribution >= 4 is 12.0 Å². The second kappa shape index (κ2) is 6.44. The minimum atomic E-state index is -1.02. The van der Waals surface area contributed by atoms with Crippen molar-refractivity contribution in [2.75, 3.05) is 19.7 Å². The maximum Gasteiger partial charge on any atom is 0.334 e. The summed E-state index contributed by atoms with van der Waals surface area (Å²) < 4.78 is 5.05. The molecule has 17 heavy (non-hydrogen) atoms. The number of rotatable bonds is 4. The molecule has 6 nitrogen and oxygen atoms in total. The zero-order valence-electron chi connectivity index (χ0n) is 10.3. The molecule has 0 bridgehead atoms. The van der Waals surface area contributed by atoms with E-state index in [4.69, 9.17) is 9.84 Å². The normalized spacial score (nSPS) is 22.0. The van der Waals surface area contributed by atoms with Gasteiger partial charge in [0.05, 0.1) is 13.2 Å². The van der Waals surface area contributed by atoms with E-state index in [-0.39, 0.29) is 25.2 Å². The van der Waals surface area contributed by atoms with E-state index in [1.807, 2.05) is 6.92 Å². The molecule has 98 valence electrons. The lowest BCUT2D eigenvalue weighted by Gasteiger charge is -2.31. The van der Waals surface area contributed by atoms with Gasteiger partial charge in [-0.3, -0.25) is 0 Å². The second-order valence-corrected chi connectivity index (χ2v) is 4.28. The van der Waals surface area contributed by atoms with Gasteiger partial charge in [-0.15, -0.1) is 0 Å². The van der Waals surface area contributed by atoms with E-state index in [2.05, 4.69) is 12.2 Å². The predicted octanol–water partition coefficient (Wildman–Crippen LogP) is 0.670. The van der Waals surface area contributed by atoms with Gasteiger partial charge in [0.25, 0.3) is 0 Å². The van der Waals surface area contributed by atoms with Gasteiger partial charge in [-0.2, -0.15) is 0 Å². The second-order valence-electron chi connectivity index (χ2n) is 4.28. The van der Waals surface area contributed by atoms with Crippen LogP contribution in [0, 0.1) is 0 Å². The minimum Gasteiger partial charge on any atom is -0.479 e. The highest BCUT2D eigenvalue weighted by molar-refractivity contribution is 5.77. The van der Waals surface area contributed by atoms with Crippen molar-refractivity contribution in [2.45, 2.75) is 38.8 Å². The van der Waals surface area contributed by atoms with Gasteiger partial charge in [-0.25, -0.2) is 9.59 Å². The lowest BCUT2D eigenvalue weighted by atomic mass is 10.2. The van der Waals surface area contributed by atoms with Gasteiger partial charge in [0, 0.05) is 12.6 Å². The molecule has 2 atom stereocenters. The number of urea groups is 1. The molecule has 1 fully saturated rings. The van der Waals surface area contributed by atoms with Gasteiger partial charge in [0.2, 0.25) is 0 Å². The van der Waals surface area contributed by atoms with E-state index < -0.39 is 12.1 Å². The number of ether oxygens (including phenoxy) is 1. The van der Waals surface area contributed by atoms with Crippen LogP contribution in [0.4, 0.5) is 4.79 Å². The average Bonchev–Trinajstić information content (AvgIpc) is 2.29. The van der Waals surface area contributed by atoms with Crippen molar-refractivity contribution in [1.82, 2.24) is 10.2 Å². The predicted molar refractivity (Wildman–Crippen MR) is 61.9 cm³/mol. The van der Waals surface area contributed by atoms with Crippen LogP contribution in [-0.4, -0.2) is 53.8 Å². The van der Waals surface area contributed by atoms with Gasteiger partial charge >= 0.3 is 12.0 Å². The first kappa shape index (κ1) is 13.8. The molecular weight excluding hydrogens is 224 g/mol. The summed E-state index contributed by atoms with van der Waals surface area (Å²) in [7, 11) is 0. The summed E-state index contributed by atoms with van der Waals surface area (Å²) in [6, 6.07) is -0.0980. The number of carboxylic acid groups (broad SMARTS) is 1. The Kier molecular flexibility index (Phi) is 5.21. The molecule has 0 saturated carbocycles. The average molecular weight is 244 g/mol. The summed E-state index contributed by atoms with van der Waals surface area (Å²) >= 11 is 0. The number of carboxylic acids is 1. The molecule has 1 aliphatic rings. The van der Waals surface area contributed by atoms with Crippen LogP contribution in [0.15, 0.2) is 0 Å². The smallest absolute Gasteiger partial charge is 0.334 e. The highest BCUT2D eigenvalue weighted by Crippen LogP contribution is 2.06. The van der Waals surface area contributed by atoms with E-state index in [9.17, 15) is 9.59 Å². The molecular formula is C11H20N2O4. The topological polar surface area (TPSA) is 78.9 Å². The van der Waals surface area contributed by atoms with E-state index in [1.165, 1.54) is 4.90 Å². The summed E-state index contributed by atoms with van der Waals surface area (Å²) in [5, 5.41) is 11.7. The first-order valence-corrected chi connectivity index (χ1v) is 5.94. The van der Waals surface area contributed by atoms with Crippen molar-refractivity contribution in [1.29, 1.82) is 0 Å². The number of carbonyl (C=O) groups excluding carboxylic acids is 1. The van der Waals surface area contributed by atoms with Crippen LogP contribution in [0.1, 0.15) is 26.7 Å². The van der Waals surface area contributed by atoms with Crippen LogP contribution in [0.25, 0.3) is 0 Å². The van der Waals surface area contributed by atoms with Gasteiger partial charge < -0.3 is 20.1 Å². The van der Waals surface area contributed by atoms with Crippen molar-refractivity contribution in [3.05, 3.63) is 0 Å². The van der Waals surface area contributed by atoms with E-state index >= 15 is 0 Å². The van der Waals surface area contributed by atoms with Gasteiger partial charge in [-0.1, -0.05) is 13.3 Å². The minimum absolute atomic E-state index is 0.110. The Morgan fingerprint density at radius 1 is 1.59 bits per heavy atom. The summed E-state index contributed by atoms with van der Waals surface area (Å²) in [5.74, 6) is -1.02. The Bertz CT molecular complexity index is 283. The fourth-order valence-corrected chi connectivity index (χ4v) is 1.79. The molecule has 1 aliphatic heterocycles. The SMILES string of the molecule is CCCC(C)NC(=O)N1CCOC(C(=O)O)C1. The Morgan fingerprint density at radius 3 is 2.88 bits per heavy atom. The monoisotopic (exact) mass is 244 g/mol. The highest BCUT2D eigenvalue weighted by Gasteiger charge is 2.29. The summed E-state index contributed by atoms with van der Waals surface area (Å²) in [6.45, 7) is 4.81. The first-order chi connectivity index (χ1) is 8.04.